The van der Waals surface area contributed by atoms with Gasteiger partial charge in [0, 0.05) is 16.9 Å². The van der Waals surface area contributed by atoms with Crippen molar-refractivity contribution in [2.45, 2.75) is 13.8 Å². The molecule has 46 valence electrons. The lowest BCUT2D eigenvalue weighted by Crippen LogP contribution is -2.19. The van der Waals surface area contributed by atoms with E-state index in [1.165, 1.54) is 0 Å². The fourth-order valence-electron chi connectivity index (χ4n) is 0.583. The molecule has 0 unspecified atom stereocenters. The molecule has 0 radical (unpaired) electrons. The summed E-state index contributed by atoms with van der Waals surface area (Å²) in [5, 5.41) is 2.04. The molecular weight excluding hydrogens is 118 g/mol. The molecule has 0 aromatic rings. The maximum Gasteiger partial charge on any atom is 0.0210 e. The molecule has 2 heteroatoms. The van der Waals surface area contributed by atoms with Crippen molar-refractivity contribution in [1.29, 1.82) is 0 Å². The molecule has 1 aliphatic rings. The first-order chi connectivity index (χ1) is 3.63. The van der Waals surface area contributed by atoms with Crippen LogP contribution >= 0.6 is 11.8 Å². The van der Waals surface area contributed by atoms with E-state index in [4.69, 9.17) is 5.73 Å². The molecule has 0 aromatic heterocycles. The van der Waals surface area contributed by atoms with Crippen LogP contribution in [0.5, 0.6) is 0 Å². The highest BCUT2D eigenvalue weighted by Crippen LogP contribution is 2.35. The van der Waals surface area contributed by atoms with Crippen molar-refractivity contribution in [2.24, 2.45) is 11.1 Å². The molecule has 0 spiro atoms. The van der Waals surface area contributed by atoms with Crippen LogP contribution in [0.2, 0.25) is 0 Å². The summed E-state index contributed by atoms with van der Waals surface area (Å²) in [6.45, 7) is 4.33. The normalized spacial score (nSPS) is 25.5. The maximum atomic E-state index is 5.65. The van der Waals surface area contributed by atoms with Crippen LogP contribution in [0.25, 0.3) is 0 Å². The fraction of sp³-hybridized carbons (Fsp3) is 0.667. The minimum Gasteiger partial charge on any atom is -0.401 e. The molecule has 1 heterocycles. The number of hydrogen-bond acceptors (Lipinski definition) is 2. The quantitative estimate of drug-likeness (QED) is 0.537. The molecule has 0 saturated carbocycles. The number of thioether (sulfide) groups is 1. The molecule has 2 N–H and O–H groups in total. The summed E-state index contributed by atoms with van der Waals surface area (Å²) in [4.78, 5) is 0. The molecule has 8 heavy (non-hydrogen) atoms. The first-order valence-corrected chi connectivity index (χ1v) is 3.75. The molecular formula is C6H11NS. The standard InChI is InChI=1S/C6H11NS/c1-6(2)4-8-3-5(6)7/h3H,4,7H2,1-2H3. The van der Waals surface area contributed by atoms with Crippen LogP contribution in [-0.2, 0) is 0 Å². The average Bonchev–Trinajstić information content (AvgIpc) is 1.86. The molecule has 0 atom stereocenters. The molecule has 1 nitrogen and oxygen atoms in total. The van der Waals surface area contributed by atoms with Gasteiger partial charge in [-0.25, -0.2) is 0 Å². The Balaban J connectivity index is 2.73. The fourth-order valence-corrected chi connectivity index (χ4v) is 1.75. The number of nitrogens with two attached hydrogens (primary N) is 1. The van der Waals surface area contributed by atoms with E-state index in [1.807, 2.05) is 5.41 Å². The van der Waals surface area contributed by atoms with E-state index >= 15 is 0 Å². The first kappa shape index (κ1) is 6.02. The van der Waals surface area contributed by atoms with Crippen LogP contribution in [-0.4, -0.2) is 5.75 Å². The molecule has 1 aliphatic heterocycles. The van der Waals surface area contributed by atoms with Gasteiger partial charge in [-0.3, -0.25) is 0 Å². The lowest BCUT2D eigenvalue weighted by Gasteiger charge is -2.16. The molecule has 0 aromatic carbocycles. The topological polar surface area (TPSA) is 26.0 Å². The van der Waals surface area contributed by atoms with Crippen LogP contribution in [0, 0.1) is 5.41 Å². The van der Waals surface area contributed by atoms with Gasteiger partial charge in [0.25, 0.3) is 0 Å². The summed E-state index contributed by atoms with van der Waals surface area (Å²) < 4.78 is 0. The smallest absolute Gasteiger partial charge is 0.0210 e. The van der Waals surface area contributed by atoms with Crippen LogP contribution < -0.4 is 5.73 Å². The van der Waals surface area contributed by atoms with Crippen molar-refractivity contribution in [3.63, 3.8) is 0 Å². The van der Waals surface area contributed by atoms with Crippen LogP contribution in [0.1, 0.15) is 13.8 Å². The molecule has 0 amide bonds. The van der Waals surface area contributed by atoms with E-state index in [9.17, 15) is 0 Å². The zero-order valence-corrected chi connectivity index (χ0v) is 6.09. The predicted molar refractivity (Wildman–Crippen MR) is 38.5 cm³/mol. The Labute approximate surface area is 54.3 Å². The van der Waals surface area contributed by atoms with Gasteiger partial charge in [-0.15, -0.1) is 11.8 Å². The van der Waals surface area contributed by atoms with Gasteiger partial charge in [-0.05, 0) is 5.41 Å². The lowest BCUT2D eigenvalue weighted by atomic mass is 9.94. The summed E-state index contributed by atoms with van der Waals surface area (Å²) in [6, 6.07) is 0. The highest BCUT2D eigenvalue weighted by Gasteiger charge is 2.24. The Hall–Kier alpha value is -0.110. The van der Waals surface area contributed by atoms with Gasteiger partial charge >= 0.3 is 0 Å². The maximum absolute atomic E-state index is 5.65. The first-order valence-electron chi connectivity index (χ1n) is 2.71. The predicted octanol–water partition coefficient (Wildman–Crippen LogP) is 1.56. The summed E-state index contributed by atoms with van der Waals surface area (Å²) >= 11 is 1.80. The third-order valence-corrected chi connectivity index (χ3v) is 2.74. The zero-order valence-electron chi connectivity index (χ0n) is 5.27. The van der Waals surface area contributed by atoms with E-state index in [-0.39, 0.29) is 5.41 Å². The van der Waals surface area contributed by atoms with Crippen molar-refractivity contribution in [2.75, 3.05) is 5.75 Å². The van der Waals surface area contributed by atoms with E-state index in [0.717, 1.165) is 11.4 Å². The molecule has 0 bridgehead atoms. The highest BCUT2D eigenvalue weighted by molar-refractivity contribution is 8.02. The van der Waals surface area contributed by atoms with Gasteiger partial charge in [-0.2, -0.15) is 0 Å². The van der Waals surface area contributed by atoms with E-state index < -0.39 is 0 Å². The van der Waals surface area contributed by atoms with Crippen LogP contribution in [0.15, 0.2) is 11.1 Å². The van der Waals surface area contributed by atoms with Crippen molar-refractivity contribution in [3.05, 3.63) is 11.1 Å². The SMILES string of the molecule is CC1(C)CSC=C1N. The second-order valence-corrected chi connectivity index (χ2v) is 3.63. The number of allylic oxidation sites excluding steroid dienone is 1. The summed E-state index contributed by atoms with van der Waals surface area (Å²) in [6.07, 6.45) is 0. The summed E-state index contributed by atoms with van der Waals surface area (Å²) in [5.74, 6) is 1.14. The Morgan fingerprint density at radius 2 is 2.38 bits per heavy atom. The zero-order chi connectivity index (χ0) is 6.20. The van der Waals surface area contributed by atoms with Crippen molar-refractivity contribution >= 4 is 11.8 Å². The molecule has 0 saturated heterocycles. The van der Waals surface area contributed by atoms with E-state index in [1.54, 1.807) is 11.8 Å². The van der Waals surface area contributed by atoms with E-state index in [2.05, 4.69) is 13.8 Å². The molecule has 0 fully saturated rings. The van der Waals surface area contributed by atoms with Gasteiger partial charge in [0.15, 0.2) is 0 Å². The Bertz CT molecular complexity index is 126. The largest absolute Gasteiger partial charge is 0.401 e. The van der Waals surface area contributed by atoms with Crippen molar-refractivity contribution in [3.8, 4) is 0 Å². The average molecular weight is 129 g/mol. The monoisotopic (exact) mass is 129 g/mol. The minimum absolute atomic E-state index is 0.255. The minimum atomic E-state index is 0.255. The highest BCUT2D eigenvalue weighted by atomic mass is 32.2. The lowest BCUT2D eigenvalue weighted by molar-refractivity contribution is 0.518. The van der Waals surface area contributed by atoms with Gasteiger partial charge in [0.2, 0.25) is 0 Å². The Morgan fingerprint density at radius 3 is 2.50 bits per heavy atom. The number of rotatable bonds is 0. The van der Waals surface area contributed by atoms with Crippen molar-refractivity contribution < 1.29 is 0 Å². The third kappa shape index (κ3) is 0.848. The van der Waals surface area contributed by atoms with Gasteiger partial charge < -0.3 is 5.73 Å². The summed E-state index contributed by atoms with van der Waals surface area (Å²) in [5.41, 5.74) is 6.94. The Morgan fingerprint density at radius 1 is 1.75 bits per heavy atom. The van der Waals surface area contributed by atoms with Gasteiger partial charge in [0.1, 0.15) is 0 Å². The van der Waals surface area contributed by atoms with E-state index in [0.29, 0.717) is 0 Å². The molecule has 0 aliphatic carbocycles. The van der Waals surface area contributed by atoms with Gasteiger partial charge in [-0.1, -0.05) is 13.8 Å². The van der Waals surface area contributed by atoms with Gasteiger partial charge in [0.05, 0.1) is 0 Å². The molecule has 1 rings (SSSR count). The number of hydrogen-bond donors (Lipinski definition) is 1. The summed E-state index contributed by atoms with van der Waals surface area (Å²) in [7, 11) is 0. The third-order valence-electron chi connectivity index (χ3n) is 1.44. The second-order valence-electron chi connectivity index (χ2n) is 2.77. The van der Waals surface area contributed by atoms with Crippen LogP contribution in [0.3, 0.4) is 0 Å². The van der Waals surface area contributed by atoms with Crippen LogP contribution in [0.4, 0.5) is 0 Å². The Kier molecular flexibility index (Phi) is 1.27. The van der Waals surface area contributed by atoms with Crippen molar-refractivity contribution in [1.82, 2.24) is 0 Å². The second kappa shape index (κ2) is 1.69.